The summed E-state index contributed by atoms with van der Waals surface area (Å²) in [6, 6.07) is 14.5. The van der Waals surface area contributed by atoms with Crippen LogP contribution in [0.1, 0.15) is 41.7 Å². The molecule has 0 aromatic heterocycles. The van der Waals surface area contributed by atoms with E-state index in [4.69, 9.17) is 0 Å². The van der Waals surface area contributed by atoms with Gasteiger partial charge in [-0.3, -0.25) is 0 Å². The number of aryl methyl sites for hydroxylation is 1. The van der Waals surface area contributed by atoms with E-state index in [2.05, 4.69) is 30.4 Å². The molecule has 0 fully saturated rings. The smallest absolute Gasteiger partial charge is 0.106 e. The first-order valence-corrected chi connectivity index (χ1v) is 7.42. The molecule has 1 unspecified atom stereocenters. The fraction of sp³-hybridized carbons (Fsp3) is 0.333. The van der Waals surface area contributed by atoms with Crippen LogP contribution in [0.5, 0.6) is 0 Å². The van der Waals surface area contributed by atoms with Crippen molar-refractivity contribution in [1.82, 2.24) is 0 Å². The lowest BCUT2D eigenvalue weighted by Gasteiger charge is -2.16. The van der Waals surface area contributed by atoms with Crippen molar-refractivity contribution in [3.05, 3.63) is 64.7 Å². The molecule has 2 aromatic carbocycles. The highest BCUT2D eigenvalue weighted by atomic mass is 16.3. The van der Waals surface area contributed by atoms with Gasteiger partial charge in [0.15, 0.2) is 0 Å². The van der Waals surface area contributed by atoms with Gasteiger partial charge in [0, 0.05) is 17.8 Å². The average molecular weight is 267 g/mol. The third-order valence-corrected chi connectivity index (χ3v) is 4.01. The number of aliphatic hydroxyl groups is 1. The highest BCUT2D eigenvalue weighted by molar-refractivity contribution is 5.63. The first-order valence-electron chi connectivity index (χ1n) is 7.42. The second kappa shape index (κ2) is 5.68. The lowest BCUT2D eigenvalue weighted by molar-refractivity contribution is 0.221. The normalized spacial score (nSPS) is 14.7. The molecule has 0 saturated carbocycles. The summed E-state index contributed by atoms with van der Waals surface area (Å²) in [5.74, 6) is 0. The Bertz CT molecular complexity index is 589. The number of anilines is 1. The Morgan fingerprint density at radius 1 is 1.15 bits per heavy atom. The van der Waals surface area contributed by atoms with Crippen LogP contribution in [-0.4, -0.2) is 11.7 Å². The maximum absolute atomic E-state index is 10.6. The number of rotatable bonds is 4. The molecule has 2 N–H and O–H groups in total. The first-order chi connectivity index (χ1) is 9.79. The van der Waals surface area contributed by atoms with E-state index in [9.17, 15) is 5.11 Å². The third kappa shape index (κ3) is 2.44. The molecule has 0 radical (unpaired) electrons. The van der Waals surface area contributed by atoms with Crippen LogP contribution in [0.4, 0.5) is 5.69 Å². The average Bonchev–Trinajstić information content (AvgIpc) is 2.96. The van der Waals surface area contributed by atoms with Gasteiger partial charge in [-0.2, -0.15) is 0 Å². The van der Waals surface area contributed by atoms with Gasteiger partial charge in [0.05, 0.1) is 0 Å². The predicted molar refractivity (Wildman–Crippen MR) is 83.1 cm³/mol. The van der Waals surface area contributed by atoms with Crippen molar-refractivity contribution < 1.29 is 5.11 Å². The summed E-state index contributed by atoms with van der Waals surface area (Å²) in [6.07, 6.45) is 2.74. The summed E-state index contributed by atoms with van der Waals surface area (Å²) in [4.78, 5) is 0. The van der Waals surface area contributed by atoms with Crippen LogP contribution in [0.2, 0.25) is 0 Å². The Labute approximate surface area is 120 Å². The Morgan fingerprint density at radius 3 is 2.70 bits per heavy atom. The first kappa shape index (κ1) is 13.2. The van der Waals surface area contributed by atoms with Crippen molar-refractivity contribution in [3.8, 4) is 0 Å². The molecule has 0 saturated heterocycles. The lowest BCUT2D eigenvalue weighted by atomic mass is 9.96. The van der Waals surface area contributed by atoms with Crippen LogP contribution in [0.25, 0.3) is 0 Å². The standard InChI is InChI=1S/C18H21NO/c1-2-4-13-7-9-15(10-8-13)18(20)16-6-3-5-14-11-12-19-17(14)16/h3,5-10,18-20H,2,4,11-12H2,1H3. The number of hydrogen-bond acceptors (Lipinski definition) is 2. The fourth-order valence-electron chi connectivity index (χ4n) is 2.93. The van der Waals surface area contributed by atoms with Gasteiger partial charge in [0.1, 0.15) is 6.10 Å². The molecule has 0 spiro atoms. The van der Waals surface area contributed by atoms with Crippen molar-refractivity contribution in [3.63, 3.8) is 0 Å². The molecule has 1 aliphatic rings. The van der Waals surface area contributed by atoms with Crippen LogP contribution in [0.15, 0.2) is 42.5 Å². The van der Waals surface area contributed by atoms with E-state index in [1.54, 1.807) is 0 Å². The number of hydrogen-bond donors (Lipinski definition) is 2. The number of nitrogens with one attached hydrogen (secondary N) is 1. The third-order valence-electron chi connectivity index (χ3n) is 4.01. The summed E-state index contributed by atoms with van der Waals surface area (Å²) in [5.41, 5.74) is 5.72. The maximum Gasteiger partial charge on any atom is 0.106 e. The van der Waals surface area contributed by atoms with Crippen LogP contribution < -0.4 is 5.32 Å². The van der Waals surface area contributed by atoms with Crippen LogP contribution >= 0.6 is 0 Å². The summed E-state index contributed by atoms with van der Waals surface area (Å²) in [7, 11) is 0. The topological polar surface area (TPSA) is 32.3 Å². The van der Waals surface area contributed by atoms with Gasteiger partial charge in [0.25, 0.3) is 0 Å². The van der Waals surface area contributed by atoms with Gasteiger partial charge in [-0.25, -0.2) is 0 Å². The van der Waals surface area contributed by atoms with Crippen molar-refractivity contribution in [2.45, 2.75) is 32.3 Å². The Hall–Kier alpha value is -1.80. The molecular formula is C18H21NO. The molecule has 1 heterocycles. The molecule has 2 heteroatoms. The molecule has 104 valence electrons. The molecule has 1 aliphatic heterocycles. The summed E-state index contributed by atoms with van der Waals surface area (Å²) < 4.78 is 0. The molecule has 0 bridgehead atoms. The SMILES string of the molecule is CCCc1ccc(C(O)c2cccc3c2NCC3)cc1. The maximum atomic E-state index is 10.6. The fourth-order valence-corrected chi connectivity index (χ4v) is 2.93. The second-order valence-corrected chi connectivity index (χ2v) is 5.45. The summed E-state index contributed by atoms with van der Waals surface area (Å²) in [5, 5.41) is 14.0. The van der Waals surface area contributed by atoms with E-state index in [1.807, 2.05) is 24.3 Å². The number of para-hydroxylation sites is 1. The second-order valence-electron chi connectivity index (χ2n) is 5.45. The summed E-state index contributed by atoms with van der Waals surface area (Å²) in [6.45, 7) is 3.15. The van der Waals surface area contributed by atoms with Crippen LogP contribution in [-0.2, 0) is 12.8 Å². The van der Waals surface area contributed by atoms with Gasteiger partial charge in [-0.05, 0) is 29.5 Å². The molecule has 3 rings (SSSR count). The van der Waals surface area contributed by atoms with Crippen LogP contribution in [0.3, 0.4) is 0 Å². The van der Waals surface area contributed by atoms with E-state index >= 15 is 0 Å². The van der Waals surface area contributed by atoms with E-state index < -0.39 is 6.10 Å². The molecule has 0 amide bonds. The minimum atomic E-state index is -0.550. The number of benzene rings is 2. The van der Waals surface area contributed by atoms with Crippen molar-refractivity contribution >= 4 is 5.69 Å². The van der Waals surface area contributed by atoms with E-state index in [0.717, 1.165) is 42.6 Å². The van der Waals surface area contributed by atoms with Crippen molar-refractivity contribution in [2.24, 2.45) is 0 Å². The Morgan fingerprint density at radius 2 is 1.95 bits per heavy atom. The molecular weight excluding hydrogens is 246 g/mol. The quantitative estimate of drug-likeness (QED) is 0.885. The van der Waals surface area contributed by atoms with Gasteiger partial charge >= 0.3 is 0 Å². The van der Waals surface area contributed by atoms with Gasteiger partial charge in [-0.1, -0.05) is 55.8 Å². The van der Waals surface area contributed by atoms with Crippen LogP contribution in [0, 0.1) is 0 Å². The van der Waals surface area contributed by atoms with Gasteiger partial charge < -0.3 is 10.4 Å². The highest BCUT2D eigenvalue weighted by Gasteiger charge is 2.19. The van der Waals surface area contributed by atoms with Gasteiger partial charge in [0.2, 0.25) is 0 Å². The Balaban J connectivity index is 1.89. The van der Waals surface area contributed by atoms with E-state index in [0.29, 0.717) is 0 Å². The molecule has 2 aromatic rings. The lowest BCUT2D eigenvalue weighted by Crippen LogP contribution is -2.04. The van der Waals surface area contributed by atoms with Gasteiger partial charge in [-0.15, -0.1) is 0 Å². The zero-order chi connectivity index (χ0) is 13.9. The van der Waals surface area contributed by atoms with Crippen molar-refractivity contribution in [2.75, 3.05) is 11.9 Å². The number of fused-ring (bicyclic) bond motifs is 1. The van der Waals surface area contributed by atoms with Crippen molar-refractivity contribution in [1.29, 1.82) is 0 Å². The predicted octanol–water partition coefficient (Wildman–Crippen LogP) is 3.69. The highest BCUT2D eigenvalue weighted by Crippen LogP contribution is 2.33. The monoisotopic (exact) mass is 267 g/mol. The molecule has 20 heavy (non-hydrogen) atoms. The molecule has 1 atom stereocenters. The Kier molecular flexibility index (Phi) is 3.75. The molecule has 0 aliphatic carbocycles. The summed E-state index contributed by atoms with van der Waals surface area (Å²) >= 11 is 0. The largest absolute Gasteiger partial charge is 0.384 e. The molecule has 2 nitrogen and oxygen atoms in total. The zero-order valence-corrected chi connectivity index (χ0v) is 11.9. The zero-order valence-electron chi connectivity index (χ0n) is 11.9. The number of aliphatic hydroxyl groups excluding tert-OH is 1. The minimum Gasteiger partial charge on any atom is -0.384 e. The van der Waals surface area contributed by atoms with E-state index in [-0.39, 0.29) is 0 Å². The minimum absolute atomic E-state index is 0.550. The van der Waals surface area contributed by atoms with E-state index in [1.165, 1.54) is 11.1 Å².